The van der Waals surface area contributed by atoms with E-state index in [1.54, 1.807) is 6.08 Å². The zero-order chi connectivity index (χ0) is 23.6. The van der Waals surface area contributed by atoms with Gasteiger partial charge >= 0.3 is 17.9 Å². The Labute approximate surface area is 181 Å². The number of fused-ring (bicyclic) bond motifs is 2. The van der Waals surface area contributed by atoms with Crippen molar-refractivity contribution in [2.75, 3.05) is 26.7 Å². The molecule has 10 heteroatoms. The third-order valence-electron chi connectivity index (χ3n) is 6.00. The summed E-state index contributed by atoms with van der Waals surface area (Å²) in [5.74, 6) is -4.39. The zero-order valence-electron chi connectivity index (χ0n) is 18.5. The lowest BCUT2D eigenvalue weighted by atomic mass is 9.78. The van der Waals surface area contributed by atoms with E-state index in [9.17, 15) is 29.4 Å². The maximum Gasteiger partial charge on any atom is 0.350 e. The van der Waals surface area contributed by atoms with Gasteiger partial charge in [0.2, 0.25) is 11.4 Å². The van der Waals surface area contributed by atoms with Gasteiger partial charge in [0.1, 0.15) is 6.61 Å². The van der Waals surface area contributed by atoms with Crippen LogP contribution >= 0.6 is 0 Å². The molecule has 2 unspecified atom stereocenters. The second-order valence-electron chi connectivity index (χ2n) is 8.52. The SMILES string of the molecule is CC(=O)O[C@]1(C)C(=O)OC/C2=C\CN(C)CCC(OC(=O)[C@@](O)(C(C)O)C[C@H]1C)C2=O. The quantitative estimate of drug-likeness (QED) is 0.435. The molecule has 5 atom stereocenters. The Bertz CT molecular complexity index is 777. The highest BCUT2D eigenvalue weighted by Gasteiger charge is 2.53. The maximum atomic E-state index is 13.0. The van der Waals surface area contributed by atoms with Crippen molar-refractivity contribution in [1.29, 1.82) is 0 Å². The summed E-state index contributed by atoms with van der Waals surface area (Å²) in [6.45, 7) is 5.55. The van der Waals surface area contributed by atoms with Crippen LogP contribution in [0.15, 0.2) is 11.6 Å². The van der Waals surface area contributed by atoms with Crippen molar-refractivity contribution in [2.24, 2.45) is 5.92 Å². The molecular formula is C21H31NO9. The van der Waals surface area contributed by atoms with Gasteiger partial charge in [0.15, 0.2) is 11.7 Å². The van der Waals surface area contributed by atoms with Gasteiger partial charge in [0, 0.05) is 37.9 Å². The Morgan fingerprint density at radius 1 is 1.32 bits per heavy atom. The summed E-state index contributed by atoms with van der Waals surface area (Å²) in [5, 5.41) is 21.2. The molecular weight excluding hydrogens is 410 g/mol. The zero-order valence-corrected chi connectivity index (χ0v) is 18.5. The maximum absolute atomic E-state index is 13.0. The molecule has 2 aliphatic rings. The van der Waals surface area contributed by atoms with Gasteiger partial charge in [-0.15, -0.1) is 0 Å². The molecule has 0 aliphatic carbocycles. The van der Waals surface area contributed by atoms with E-state index >= 15 is 0 Å². The number of carbonyl (C=O) groups is 4. The van der Waals surface area contributed by atoms with Crippen LogP contribution < -0.4 is 0 Å². The number of hydrogen-bond donors (Lipinski definition) is 2. The number of ether oxygens (including phenoxy) is 3. The highest BCUT2D eigenvalue weighted by Crippen LogP contribution is 2.34. The second-order valence-corrected chi connectivity index (χ2v) is 8.52. The lowest BCUT2D eigenvalue weighted by Gasteiger charge is -2.39. The van der Waals surface area contributed by atoms with Crippen molar-refractivity contribution in [2.45, 2.75) is 63.9 Å². The summed E-state index contributed by atoms with van der Waals surface area (Å²) in [5.41, 5.74) is -4.20. The monoisotopic (exact) mass is 441 g/mol. The third-order valence-corrected chi connectivity index (χ3v) is 6.00. The van der Waals surface area contributed by atoms with Crippen molar-refractivity contribution in [3.63, 3.8) is 0 Å². The summed E-state index contributed by atoms with van der Waals surface area (Å²) in [4.78, 5) is 52.4. The van der Waals surface area contributed by atoms with E-state index in [4.69, 9.17) is 14.2 Å². The van der Waals surface area contributed by atoms with E-state index in [1.807, 2.05) is 11.9 Å². The molecule has 2 bridgehead atoms. The van der Waals surface area contributed by atoms with Crippen molar-refractivity contribution in [3.05, 3.63) is 11.6 Å². The number of aliphatic hydroxyl groups is 2. The molecule has 0 saturated carbocycles. The number of hydrogen-bond acceptors (Lipinski definition) is 10. The van der Waals surface area contributed by atoms with E-state index in [-0.39, 0.29) is 18.6 Å². The molecule has 0 amide bonds. The highest BCUT2D eigenvalue weighted by molar-refractivity contribution is 6.01. The molecule has 174 valence electrons. The van der Waals surface area contributed by atoms with Crippen LogP contribution in [0.5, 0.6) is 0 Å². The lowest BCUT2D eigenvalue weighted by Crippen LogP contribution is -2.57. The molecule has 1 saturated heterocycles. The summed E-state index contributed by atoms with van der Waals surface area (Å²) in [6.07, 6.45) is -1.53. The number of carbonyl (C=O) groups excluding carboxylic acids is 4. The Morgan fingerprint density at radius 2 is 1.97 bits per heavy atom. The van der Waals surface area contributed by atoms with Gasteiger partial charge in [-0.1, -0.05) is 13.0 Å². The smallest absolute Gasteiger partial charge is 0.350 e. The third kappa shape index (κ3) is 5.31. The average molecular weight is 441 g/mol. The first-order chi connectivity index (χ1) is 14.3. The largest absolute Gasteiger partial charge is 0.458 e. The summed E-state index contributed by atoms with van der Waals surface area (Å²) >= 11 is 0. The number of cyclic esters (lactones) is 1. The molecule has 0 aromatic carbocycles. The first kappa shape index (κ1) is 25.0. The molecule has 0 aromatic heterocycles. The Morgan fingerprint density at radius 3 is 2.55 bits per heavy atom. The standard InChI is InChI=1S/C21H31NO9/c1-12-10-21(28,13(2)23)19(27)30-16-7-9-22(5)8-6-15(17(16)25)11-29-18(26)20(12,4)31-14(3)24/h6,12-13,16,23,28H,7-11H2,1-5H3/b15-6+/t12-,13?,16?,20+,21+/m1/s1. The topological polar surface area (TPSA) is 140 Å². The number of rotatable bonds is 2. The molecule has 2 rings (SSSR count). The predicted molar refractivity (Wildman–Crippen MR) is 107 cm³/mol. The number of esters is 3. The average Bonchev–Trinajstić information content (AvgIpc) is 2.67. The van der Waals surface area contributed by atoms with Crippen LogP contribution in [0.2, 0.25) is 0 Å². The molecule has 0 spiro atoms. The molecule has 1 fully saturated rings. The van der Waals surface area contributed by atoms with Gasteiger partial charge in [-0.25, -0.2) is 9.59 Å². The molecule has 0 aromatic rings. The molecule has 2 N–H and O–H groups in total. The van der Waals surface area contributed by atoms with Gasteiger partial charge in [0.25, 0.3) is 0 Å². The van der Waals surface area contributed by atoms with E-state index in [2.05, 4.69) is 0 Å². The van der Waals surface area contributed by atoms with Crippen molar-refractivity contribution >= 4 is 23.7 Å². The number of Topliss-reactive ketones (excluding diaryl/α,β-unsaturated/α-hetero) is 1. The van der Waals surface area contributed by atoms with Crippen molar-refractivity contribution in [1.82, 2.24) is 4.90 Å². The summed E-state index contributed by atoms with van der Waals surface area (Å²) < 4.78 is 16.0. The lowest BCUT2D eigenvalue weighted by molar-refractivity contribution is -0.199. The molecule has 0 radical (unpaired) electrons. The summed E-state index contributed by atoms with van der Waals surface area (Å²) in [6, 6.07) is 0. The van der Waals surface area contributed by atoms with Crippen LogP contribution in [0, 0.1) is 5.92 Å². The fraction of sp³-hybridized carbons (Fsp3) is 0.714. The van der Waals surface area contributed by atoms with Crippen LogP contribution in [0.1, 0.15) is 40.5 Å². The predicted octanol–water partition coefficient (Wildman–Crippen LogP) is -0.254. The Hall–Kier alpha value is -2.30. The molecule has 31 heavy (non-hydrogen) atoms. The van der Waals surface area contributed by atoms with E-state index in [0.717, 1.165) is 6.92 Å². The minimum atomic E-state index is -2.45. The molecule has 2 aliphatic heterocycles. The Balaban J connectivity index is 2.56. The second kappa shape index (κ2) is 9.46. The Kier molecular flexibility index (Phi) is 7.61. The van der Waals surface area contributed by atoms with E-state index in [1.165, 1.54) is 20.8 Å². The fourth-order valence-electron chi connectivity index (χ4n) is 3.62. The number of ketones is 1. The summed E-state index contributed by atoms with van der Waals surface area (Å²) in [7, 11) is 1.81. The van der Waals surface area contributed by atoms with Crippen molar-refractivity contribution in [3.8, 4) is 0 Å². The van der Waals surface area contributed by atoms with Crippen LogP contribution in [0.3, 0.4) is 0 Å². The van der Waals surface area contributed by atoms with E-state index < -0.39 is 59.4 Å². The normalized spacial score (nSPS) is 36.4. The van der Waals surface area contributed by atoms with Gasteiger partial charge in [-0.2, -0.15) is 0 Å². The van der Waals surface area contributed by atoms with Crippen LogP contribution in [-0.4, -0.2) is 89.0 Å². The number of nitrogens with zero attached hydrogens (tertiary/aromatic N) is 1. The van der Waals surface area contributed by atoms with Gasteiger partial charge in [-0.05, 0) is 27.3 Å². The van der Waals surface area contributed by atoms with Gasteiger partial charge < -0.3 is 29.3 Å². The minimum Gasteiger partial charge on any atom is -0.458 e. The van der Waals surface area contributed by atoms with E-state index in [0.29, 0.717) is 13.1 Å². The minimum absolute atomic E-state index is 0.122. The van der Waals surface area contributed by atoms with Crippen molar-refractivity contribution < 1.29 is 43.6 Å². The van der Waals surface area contributed by atoms with Gasteiger partial charge in [-0.3, -0.25) is 9.59 Å². The van der Waals surface area contributed by atoms with Crippen LogP contribution in [-0.2, 0) is 33.4 Å². The van der Waals surface area contributed by atoms with Gasteiger partial charge in [0.05, 0.1) is 6.10 Å². The van der Waals surface area contributed by atoms with Crippen LogP contribution in [0.4, 0.5) is 0 Å². The number of likely N-dealkylation sites (N-methyl/N-ethyl adjacent to an activating group) is 1. The fourth-order valence-corrected chi connectivity index (χ4v) is 3.62. The molecule has 2 heterocycles. The van der Waals surface area contributed by atoms with Crippen LogP contribution in [0.25, 0.3) is 0 Å². The first-order valence-corrected chi connectivity index (χ1v) is 10.2. The molecule has 10 nitrogen and oxygen atoms in total. The number of aliphatic hydroxyl groups excluding tert-OH is 1. The highest BCUT2D eigenvalue weighted by atomic mass is 16.6. The first-order valence-electron chi connectivity index (χ1n) is 10.2.